The second-order valence-electron chi connectivity index (χ2n) is 6.29. The molecule has 5 nitrogen and oxygen atoms in total. The van der Waals surface area contributed by atoms with Crippen molar-refractivity contribution in [3.05, 3.63) is 65.2 Å². The van der Waals surface area contributed by atoms with E-state index in [4.69, 9.17) is 0 Å². The molecule has 0 saturated heterocycles. The maximum atomic E-state index is 12.6. The van der Waals surface area contributed by atoms with E-state index in [0.717, 1.165) is 31.4 Å². The van der Waals surface area contributed by atoms with Gasteiger partial charge in [-0.25, -0.2) is 0 Å². The second-order valence-corrected chi connectivity index (χ2v) is 6.29. The molecule has 1 aliphatic rings. The molecular weight excluding hydrogens is 314 g/mol. The summed E-state index contributed by atoms with van der Waals surface area (Å²) < 4.78 is 0. The molecule has 25 heavy (non-hydrogen) atoms. The van der Waals surface area contributed by atoms with Crippen LogP contribution < -0.4 is 16.0 Å². The van der Waals surface area contributed by atoms with Crippen molar-refractivity contribution in [3.8, 4) is 0 Å². The highest BCUT2D eigenvalue weighted by atomic mass is 16.2. The minimum atomic E-state index is -0.137. The maximum absolute atomic E-state index is 12.6. The minimum absolute atomic E-state index is 0.0576. The predicted octanol–water partition coefficient (Wildman–Crippen LogP) is 2.59. The van der Waals surface area contributed by atoms with Crippen molar-refractivity contribution in [1.82, 2.24) is 10.6 Å². The molecule has 3 rings (SSSR count). The van der Waals surface area contributed by atoms with E-state index in [-0.39, 0.29) is 11.8 Å². The van der Waals surface area contributed by atoms with E-state index in [1.54, 1.807) is 24.3 Å². The lowest BCUT2D eigenvalue weighted by molar-refractivity contribution is 0.0950. The summed E-state index contributed by atoms with van der Waals surface area (Å²) in [5.41, 5.74) is 2.97. The molecule has 0 spiro atoms. The van der Waals surface area contributed by atoms with Gasteiger partial charge in [0.05, 0.1) is 0 Å². The Bertz CT molecular complexity index is 752. The fourth-order valence-corrected chi connectivity index (χ4v) is 2.62. The summed E-state index contributed by atoms with van der Waals surface area (Å²) in [5.74, 6) is -0.195. The van der Waals surface area contributed by atoms with Crippen molar-refractivity contribution >= 4 is 17.5 Å². The molecule has 0 bridgehead atoms. The number of anilines is 1. The Morgan fingerprint density at radius 1 is 1.00 bits per heavy atom. The number of benzene rings is 2. The highest BCUT2D eigenvalue weighted by Gasteiger charge is 2.23. The van der Waals surface area contributed by atoms with Crippen molar-refractivity contribution < 1.29 is 9.59 Å². The number of amides is 2. The lowest BCUT2D eigenvalue weighted by atomic mass is 10.0. The van der Waals surface area contributed by atoms with Crippen molar-refractivity contribution in [2.45, 2.75) is 25.3 Å². The Morgan fingerprint density at radius 2 is 1.72 bits per heavy atom. The van der Waals surface area contributed by atoms with Gasteiger partial charge in [-0.3, -0.25) is 9.59 Å². The molecule has 0 heterocycles. The predicted molar refractivity (Wildman–Crippen MR) is 99.0 cm³/mol. The first-order chi connectivity index (χ1) is 12.2. The summed E-state index contributed by atoms with van der Waals surface area (Å²) in [6, 6.07) is 14.9. The summed E-state index contributed by atoms with van der Waals surface area (Å²) >= 11 is 0. The third-order valence-corrected chi connectivity index (χ3v) is 4.22. The average Bonchev–Trinajstić information content (AvgIpc) is 3.44. The number of carbonyl (C=O) groups is 2. The summed E-state index contributed by atoms with van der Waals surface area (Å²) in [4.78, 5) is 24.6. The normalized spacial score (nSPS) is 13.3. The van der Waals surface area contributed by atoms with Gasteiger partial charge < -0.3 is 16.0 Å². The molecule has 0 aromatic heterocycles. The molecule has 0 unspecified atom stereocenters. The van der Waals surface area contributed by atoms with Crippen molar-refractivity contribution in [3.63, 3.8) is 0 Å². The Balaban J connectivity index is 1.65. The van der Waals surface area contributed by atoms with Crippen molar-refractivity contribution in [2.24, 2.45) is 0 Å². The van der Waals surface area contributed by atoms with Gasteiger partial charge in [0.2, 0.25) is 0 Å². The topological polar surface area (TPSA) is 70.2 Å². The number of nitrogens with one attached hydrogen (secondary N) is 3. The van der Waals surface area contributed by atoms with Crippen LogP contribution in [0.4, 0.5) is 5.69 Å². The van der Waals surface area contributed by atoms with Crippen LogP contribution >= 0.6 is 0 Å². The molecule has 2 amide bonds. The van der Waals surface area contributed by atoms with E-state index >= 15 is 0 Å². The molecule has 0 radical (unpaired) electrons. The lowest BCUT2D eigenvalue weighted by Gasteiger charge is -2.11. The number of likely N-dealkylation sites (N-methyl/N-ethyl adjacent to an activating group) is 1. The van der Waals surface area contributed by atoms with Gasteiger partial charge in [0.1, 0.15) is 0 Å². The number of hydrogen-bond acceptors (Lipinski definition) is 3. The van der Waals surface area contributed by atoms with Crippen LogP contribution in [0.3, 0.4) is 0 Å². The Kier molecular flexibility index (Phi) is 5.46. The third-order valence-electron chi connectivity index (χ3n) is 4.22. The average molecular weight is 337 g/mol. The van der Waals surface area contributed by atoms with Gasteiger partial charge in [-0.2, -0.15) is 0 Å². The van der Waals surface area contributed by atoms with Gasteiger partial charge in [-0.1, -0.05) is 18.2 Å². The van der Waals surface area contributed by atoms with Gasteiger partial charge in [0, 0.05) is 22.9 Å². The Hall–Kier alpha value is -2.66. The molecular formula is C20H23N3O2. The Morgan fingerprint density at radius 3 is 2.40 bits per heavy atom. The van der Waals surface area contributed by atoms with E-state index in [0.29, 0.717) is 22.9 Å². The fourth-order valence-electron chi connectivity index (χ4n) is 2.62. The molecule has 1 fully saturated rings. The summed E-state index contributed by atoms with van der Waals surface area (Å²) in [6.07, 6.45) is 2.92. The molecule has 2 aromatic carbocycles. The van der Waals surface area contributed by atoms with Crippen LogP contribution in [-0.2, 0) is 6.42 Å². The standard InChI is InChI=1S/C20H23N3O2/c1-21-13-12-14-4-2-3-5-18(14)20(25)23-16-8-6-15(7-9-16)19(24)22-17-10-11-17/h2-9,17,21H,10-13H2,1H3,(H,22,24)(H,23,25). The molecule has 3 N–H and O–H groups in total. The van der Waals surface area contributed by atoms with Gasteiger partial charge in [0.15, 0.2) is 0 Å². The zero-order valence-corrected chi connectivity index (χ0v) is 14.3. The van der Waals surface area contributed by atoms with Crippen LogP contribution in [0.2, 0.25) is 0 Å². The molecule has 130 valence electrons. The highest BCUT2D eigenvalue weighted by molar-refractivity contribution is 6.05. The van der Waals surface area contributed by atoms with Crippen LogP contribution in [0.1, 0.15) is 39.1 Å². The first-order valence-corrected chi connectivity index (χ1v) is 8.62. The quantitative estimate of drug-likeness (QED) is 0.727. The van der Waals surface area contributed by atoms with E-state index in [1.165, 1.54) is 0 Å². The second kappa shape index (κ2) is 7.94. The number of carbonyl (C=O) groups excluding carboxylic acids is 2. The van der Waals surface area contributed by atoms with Gasteiger partial charge in [-0.15, -0.1) is 0 Å². The molecule has 1 saturated carbocycles. The first-order valence-electron chi connectivity index (χ1n) is 8.62. The van der Waals surface area contributed by atoms with Crippen molar-refractivity contribution in [2.75, 3.05) is 18.9 Å². The van der Waals surface area contributed by atoms with E-state index in [9.17, 15) is 9.59 Å². The van der Waals surface area contributed by atoms with Gasteiger partial charge >= 0.3 is 0 Å². The van der Waals surface area contributed by atoms with E-state index < -0.39 is 0 Å². The Labute approximate surface area is 147 Å². The lowest BCUT2D eigenvalue weighted by Crippen LogP contribution is -2.25. The van der Waals surface area contributed by atoms with Crippen molar-refractivity contribution in [1.29, 1.82) is 0 Å². The minimum Gasteiger partial charge on any atom is -0.349 e. The summed E-state index contributed by atoms with van der Waals surface area (Å²) in [6.45, 7) is 0.815. The van der Waals surface area contributed by atoms with Crippen LogP contribution in [0.5, 0.6) is 0 Å². The molecule has 0 atom stereocenters. The zero-order chi connectivity index (χ0) is 17.6. The largest absolute Gasteiger partial charge is 0.349 e. The fraction of sp³-hybridized carbons (Fsp3) is 0.300. The monoisotopic (exact) mass is 337 g/mol. The SMILES string of the molecule is CNCCc1ccccc1C(=O)Nc1ccc(C(=O)NC2CC2)cc1. The zero-order valence-electron chi connectivity index (χ0n) is 14.3. The molecule has 2 aromatic rings. The van der Waals surface area contributed by atoms with E-state index in [2.05, 4.69) is 16.0 Å². The van der Waals surface area contributed by atoms with E-state index in [1.807, 2.05) is 31.3 Å². The molecule has 0 aliphatic heterocycles. The van der Waals surface area contributed by atoms with Gasteiger partial charge in [-0.05, 0) is 68.8 Å². The number of rotatable bonds is 7. The van der Waals surface area contributed by atoms with Crippen LogP contribution in [0.25, 0.3) is 0 Å². The maximum Gasteiger partial charge on any atom is 0.255 e. The molecule has 5 heteroatoms. The summed E-state index contributed by atoms with van der Waals surface area (Å²) in [7, 11) is 1.89. The van der Waals surface area contributed by atoms with Crippen LogP contribution in [-0.4, -0.2) is 31.4 Å². The molecule has 1 aliphatic carbocycles. The highest BCUT2D eigenvalue weighted by Crippen LogP contribution is 2.20. The first kappa shape index (κ1) is 17.2. The number of hydrogen-bond donors (Lipinski definition) is 3. The van der Waals surface area contributed by atoms with Crippen LogP contribution in [0.15, 0.2) is 48.5 Å². The smallest absolute Gasteiger partial charge is 0.255 e. The third kappa shape index (κ3) is 4.67. The van der Waals surface area contributed by atoms with Crippen LogP contribution in [0, 0.1) is 0 Å². The summed E-state index contributed by atoms with van der Waals surface area (Å²) in [5, 5.41) is 8.95. The van der Waals surface area contributed by atoms with Gasteiger partial charge in [0.25, 0.3) is 11.8 Å².